The van der Waals surface area contributed by atoms with Crippen LogP contribution in [0.2, 0.25) is 0 Å². The molecule has 3 aliphatic rings. The fourth-order valence-corrected chi connectivity index (χ4v) is 8.15. The molecule has 0 spiro atoms. The van der Waals surface area contributed by atoms with Crippen molar-refractivity contribution in [3.8, 4) is 5.75 Å². The first-order valence-electron chi connectivity index (χ1n) is 16.7. The number of hydrogen-bond donors (Lipinski definition) is 0. The molecule has 0 aliphatic heterocycles. The maximum absolute atomic E-state index is 15.0. The Hall–Kier alpha value is -1.12. The molecule has 3 heteroatoms. The van der Waals surface area contributed by atoms with Crippen molar-refractivity contribution in [3.05, 3.63) is 29.3 Å². The third-order valence-corrected chi connectivity index (χ3v) is 10.7. The highest BCUT2D eigenvalue weighted by Crippen LogP contribution is 2.49. The summed E-state index contributed by atoms with van der Waals surface area (Å²) in [4.78, 5) is 0. The van der Waals surface area contributed by atoms with Crippen LogP contribution < -0.4 is 4.74 Å². The van der Waals surface area contributed by atoms with Crippen molar-refractivity contribution in [1.29, 1.82) is 0 Å². The maximum atomic E-state index is 15.0. The smallest absolute Gasteiger partial charge is 0.200 e. The lowest BCUT2D eigenvalue weighted by Gasteiger charge is -2.43. The molecule has 216 valence electrons. The zero-order chi connectivity index (χ0) is 26.7. The Morgan fingerprint density at radius 1 is 0.632 bits per heavy atom. The number of halogens is 2. The monoisotopic (exact) mass is 530 g/mol. The summed E-state index contributed by atoms with van der Waals surface area (Å²) in [5.74, 6) is 3.18. The van der Waals surface area contributed by atoms with Crippen molar-refractivity contribution >= 4 is 0 Å². The quantitative estimate of drug-likeness (QED) is 0.217. The normalized spacial score (nSPS) is 29.7. The second-order valence-corrected chi connectivity index (χ2v) is 13.4. The zero-order valence-electron chi connectivity index (χ0n) is 24.6. The van der Waals surface area contributed by atoms with Gasteiger partial charge < -0.3 is 4.74 Å². The lowest BCUT2D eigenvalue weighted by molar-refractivity contribution is 0.107. The molecular weight excluding hydrogens is 474 g/mol. The van der Waals surface area contributed by atoms with Crippen LogP contribution in [-0.4, -0.2) is 6.61 Å². The second-order valence-electron chi connectivity index (χ2n) is 13.4. The van der Waals surface area contributed by atoms with Crippen LogP contribution in [0.5, 0.6) is 5.75 Å². The summed E-state index contributed by atoms with van der Waals surface area (Å²) in [5, 5.41) is 0. The maximum Gasteiger partial charge on any atom is 0.200 e. The van der Waals surface area contributed by atoms with Crippen molar-refractivity contribution in [2.45, 2.75) is 148 Å². The van der Waals surface area contributed by atoms with Gasteiger partial charge in [-0.1, -0.05) is 110 Å². The third-order valence-electron chi connectivity index (χ3n) is 10.7. The summed E-state index contributed by atoms with van der Waals surface area (Å²) < 4.78 is 35.2. The van der Waals surface area contributed by atoms with Crippen molar-refractivity contribution < 1.29 is 13.5 Å². The Morgan fingerprint density at radius 3 is 2.03 bits per heavy atom. The molecule has 4 rings (SSSR count). The molecule has 1 nitrogen and oxygen atoms in total. The average molecular weight is 531 g/mol. The van der Waals surface area contributed by atoms with Gasteiger partial charge in [-0.3, -0.25) is 0 Å². The van der Waals surface area contributed by atoms with Gasteiger partial charge in [-0.05, 0) is 85.7 Å². The molecule has 3 fully saturated rings. The number of fused-ring (bicyclic) bond motifs is 1. The Morgan fingerprint density at radius 2 is 1.26 bits per heavy atom. The molecular formula is C35H56F2O. The largest absolute Gasteiger partial charge is 0.490 e. The molecule has 0 amide bonds. The van der Waals surface area contributed by atoms with Gasteiger partial charge in [0.1, 0.15) is 0 Å². The van der Waals surface area contributed by atoms with E-state index in [1.807, 2.05) is 0 Å². The molecule has 1 aromatic rings. The number of rotatable bonds is 14. The van der Waals surface area contributed by atoms with Crippen LogP contribution in [0.1, 0.15) is 154 Å². The predicted molar refractivity (Wildman–Crippen MR) is 156 cm³/mol. The molecule has 0 saturated heterocycles. The van der Waals surface area contributed by atoms with Crippen LogP contribution in [0, 0.1) is 41.2 Å². The van der Waals surface area contributed by atoms with Crippen LogP contribution in [0.3, 0.4) is 0 Å². The van der Waals surface area contributed by atoms with Gasteiger partial charge in [-0.15, -0.1) is 0 Å². The number of hydrogen-bond acceptors (Lipinski definition) is 1. The van der Waals surface area contributed by atoms with E-state index in [0.717, 1.165) is 49.4 Å². The molecule has 0 bridgehead atoms. The van der Waals surface area contributed by atoms with Crippen LogP contribution in [0.4, 0.5) is 8.78 Å². The Labute approximate surface area is 232 Å². The van der Waals surface area contributed by atoms with E-state index >= 15 is 0 Å². The summed E-state index contributed by atoms with van der Waals surface area (Å²) in [6.45, 7) is 4.81. The molecule has 4 atom stereocenters. The number of ether oxygens (including phenoxy) is 1. The van der Waals surface area contributed by atoms with E-state index in [0.29, 0.717) is 18.1 Å². The van der Waals surface area contributed by atoms with Crippen molar-refractivity contribution in [2.75, 3.05) is 6.61 Å². The fourth-order valence-electron chi connectivity index (χ4n) is 8.15. The van der Waals surface area contributed by atoms with E-state index in [9.17, 15) is 8.78 Å². The minimum atomic E-state index is -0.787. The topological polar surface area (TPSA) is 9.23 Å². The predicted octanol–water partition coefficient (Wildman–Crippen LogP) is 11.4. The minimum Gasteiger partial charge on any atom is -0.490 e. The molecule has 0 aromatic heterocycles. The van der Waals surface area contributed by atoms with Gasteiger partial charge in [0.05, 0.1) is 6.61 Å². The molecule has 0 heterocycles. The second kappa shape index (κ2) is 15.6. The van der Waals surface area contributed by atoms with Gasteiger partial charge in [0.2, 0.25) is 5.82 Å². The molecule has 38 heavy (non-hydrogen) atoms. The molecule has 0 N–H and O–H groups in total. The van der Waals surface area contributed by atoms with E-state index < -0.39 is 11.6 Å². The van der Waals surface area contributed by atoms with Crippen LogP contribution in [-0.2, 0) is 0 Å². The van der Waals surface area contributed by atoms with E-state index in [2.05, 4.69) is 13.8 Å². The highest BCUT2D eigenvalue weighted by Gasteiger charge is 2.37. The van der Waals surface area contributed by atoms with Gasteiger partial charge in [0.25, 0.3) is 0 Å². The lowest BCUT2D eigenvalue weighted by Crippen LogP contribution is -2.31. The van der Waals surface area contributed by atoms with Crippen molar-refractivity contribution in [2.24, 2.45) is 29.6 Å². The van der Waals surface area contributed by atoms with Gasteiger partial charge in [0.15, 0.2) is 11.6 Å². The van der Waals surface area contributed by atoms with Gasteiger partial charge in [0, 0.05) is 0 Å². The SMILES string of the molecule is CCCCCCCC1CCC(CCC2CCC3CC(c4ccc(OCCCC)c(F)c4F)CCC3C2)CC1. The van der Waals surface area contributed by atoms with E-state index in [1.165, 1.54) is 103 Å². The summed E-state index contributed by atoms with van der Waals surface area (Å²) in [6.07, 6.45) is 26.5. The number of unbranched alkanes of at least 4 members (excludes halogenated alkanes) is 5. The summed E-state index contributed by atoms with van der Waals surface area (Å²) >= 11 is 0. The lowest BCUT2D eigenvalue weighted by atomic mass is 9.63. The first-order valence-corrected chi connectivity index (χ1v) is 16.7. The highest BCUT2D eigenvalue weighted by molar-refractivity contribution is 5.33. The Bertz CT molecular complexity index is 814. The zero-order valence-corrected chi connectivity index (χ0v) is 24.6. The van der Waals surface area contributed by atoms with Crippen molar-refractivity contribution in [3.63, 3.8) is 0 Å². The van der Waals surface area contributed by atoms with Crippen LogP contribution in [0.15, 0.2) is 12.1 Å². The van der Waals surface area contributed by atoms with Gasteiger partial charge >= 0.3 is 0 Å². The third kappa shape index (κ3) is 8.44. The summed E-state index contributed by atoms with van der Waals surface area (Å²) in [7, 11) is 0. The molecule has 3 saturated carbocycles. The first kappa shape index (κ1) is 29.9. The Kier molecular flexibility index (Phi) is 12.3. The van der Waals surface area contributed by atoms with Gasteiger partial charge in [-0.2, -0.15) is 4.39 Å². The Balaban J connectivity index is 1.16. The highest BCUT2D eigenvalue weighted by atomic mass is 19.2. The van der Waals surface area contributed by atoms with E-state index in [4.69, 9.17) is 4.74 Å². The molecule has 0 radical (unpaired) electrons. The van der Waals surface area contributed by atoms with E-state index in [-0.39, 0.29) is 11.7 Å². The summed E-state index contributed by atoms with van der Waals surface area (Å²) in [5.41, 5.74) is 0.586. The van der Waals surface area contributed by atoms with E-state index in [1.54, 1.807) is 12.1 Å². The average Bonchev–Trinajstić information content (AvgIpc) is 2.94. The molecule has 3 aliphatic carbocycles. The number of benzene rings is 1. The first-order chi connectivity index (χ1) is 18.6. The van der Waals surface area contributed by atoms with Gasteiger partial charge in [-0.25, -0.2) is 4.39 Å². The standard InChI is InChI=1S/C35H56F2O/c1-3-5-7-8-9-10-26-11-13-27(14-12-26)15-16-28-17-18-30-25-31(20-19-29(30)24-28)32-21-22-33(35(37)34(32)36)38-23-6-4-2/h21-22,26-31H,3-20,23-25H2,1-2H3. The molecule has 4 unspecified atom stereocenters. The van der Waals surface area contributed by atoms with Crippen LogP contribution in [0.25, 0.3) is 0 Å². The fraction of sp³-hybridized carbons (Fsp3) is 0.829. The minimum absolute atomic E-state index is 0.0739. The van der Waals surface area contributed by atoms with Crippen molar-refractivity contribution in [1.82, 2.24) is 0 Å². The molecule has 1 aromatic carbocycles. The van der Waals surface area contributed by atoms with Crippen LogP contribution >= 0.6 is 0 Å². The summed E-state index contributed by atoms with van der Waals surface area (Å²) in [6, 6.07) is 3.46.